The van der Waals surface area contributed by atoms with E-state index in [-0.39, 0.29) is 11.2 Å². The Labute approximate surface area is 98.2 Å². The van der Waals surface area contributed by atoms with Crippen molar-refractivity contribution in [2.24, 2.45) is 0 Å². The van der Waals surface area contributed by atoms with Crippen molar-refractivity contribution >= 4 is 5.69 Å². The monoisotopic (exact) mass is 231 g/mol. The first-order valence-electron chi connectivity index (χ1n) is 5.29. The normalized spacial score (nSPS) is 10.2. The van der Waals surface area contributed by atoms with E-state index in [4.69, 9.17) is 10.5 Å². The molecular formula is C12H13N3O2. The van der Waals surface area contributed by atoms with Crippen molar-refractivity contribution in [3.05, 3.63) is 40.7 Å². The minimum Gasteiger partial charge on any atom is -0.494 e. The van der Waals surface area contributed by atoms with Crippen LogP contribution in [0.4, 0.5) is 5.69 Å². The van der Waals surface area contributed by atoms with Crippen LogP contribution in [-0.4, -0.2) is 16.8 Å². The fraction of sp³-hybridized carbons (Fsp3) is 0.167. The maximum Gasteiger partial charge on any atom is 0.287 e. The number of hydrogen-bond acceptors (Lipinski definition) is 4. The van der Waals surface area contributed by atoms with Gasteiger partial charge in [0.1, 0.15) is 11.4 Å². The molecular weight excluding hydrogens is 218 g/mol. The lowest BCUT2D eigenvalue weighted by molar-refractivity contribution is 0.340. The minimum absolute atomic E-state index is 0.156. The molecule has 0 aliphatic carbocycles. The van der Waals surface area contributed by atoms with Gasteiger partial charge in [0.05, 0.1) is 12.3 Å². The van der Waals surface area contributed by atoms with Crippen LogP contribution in [0.15, 0.2) is 35.1 Å². The lowest BCUT2D eigenvalue weighted by Crippen LogP contribution is -2.13. The van der Waals surface area contributed by atoms with Crippen molar-refractivity contribution in [3.63, 3.8) is 0 Å². The number of aromatic nitrogens is 2. The number of nitrogens with two attached hydrogens (primary N) is 1. The van der Waals surface area contributed by atoms with Crippen LogP contribution in [0.5, 0.6) is 5.75 Å². The van der Waals surface area contributed by atoms with Crippen LogP contribution in [0.1, 0.15) is 6.92 Å². The molecule has 1 heterocycles. The number of H-pyrrole nitrogens is 1. The number of nitrogen functional groups attached to an aromatic ring is 1. The molecule has 17 heavy (non-hydrogen) atoms. The molecule has 5 nitrogen and oxygen atoms in total. The molecule has 88 valence electrons. The Morgan fingerprint density at radius 3 is 2.65 bits per heavy atom. The summed E-state index contributed by atoms with van der Waals surface area (Å²) in [6.07, 6.45) is 0. The first kappa shape index (κ1) is 11.2. The number of rotatable bonds is 3. The van der Waals surface area contributed by atoms with Crippen molar-refractivity contribution in [1.29, 1.82) is 0 Å². The number of aromatic amines is 1. The van der Waals surface area contributed by atoms with Crippen LogP contribution in [0.2, 0.25) is 0 Å². The molecule has 3 N–H and O–H groups in total. The van der Waals surface area contributed by atoms with E-state index < -0.39 is 0 Å². The Morgan fingerprint density at radius 1 is 1.35 bits per heavy atom. The van der Waals surface area contributed by atoms with Crippen molar-refractivity contribution < 1.29 is 4.74 Å². The third-order valence-corrected chi connectivity index (χ3v) is 2.29. The Kier molecular flexibility index (Phi) is 3.09. The average molecular weight is 231 g/mol. The number of hydrogen-bond donors (Lipinski definition) is 2. The van der Waals surface area contributed by atoms with Gasteiger partial charge in [-0.2, -0.15) is 5.10 Å². The molecule has 0 unspecified atom stereocenters. The smallest absolute Gasteiger partial charge is 0.287 e. The van der Waals surface area contributed by atoms with Gasteiger partial charge in [0.15, 0.2) is 0 Å². The third-order valence-electron chi connectivity index (χ3n) is 2.29. The third kappa shape index (κ3) is 2.44. The molecule has 1 aromatic carbocycles. The fourth-order valence-electron chi connectivity index (χ4n) is 1.46. The molecule has 5 heteroatoms. The summed E-state index contributed by atoms with van der Waals surface area (Å²) in [6, 6.07) is 8.98. The van der Waals surface area contributed by atoms with Crippen LogP contribution in [0, 0.1) is 0 Å². The van der Waals surface area contributed by atoms with Gasteiger partial charge in [0, 0.05) is 5.56 Å². The summed E-state index contributed by atoms with van der Waals surface area (Å²) < 4.78 is 5.34. The van der Waals surface area contributed by atoms with Crippen LogP contribution < -0.4 is 16.0 Å². The van der Waals surface area contributed by atoms with Crippen molar-refractivity contribution in [2.75, 3.05) is 12.3 Å². The Hall–Kier alpha value is -2.30. The highest BCUT2D eigenvalue weighted by atomic mass is 16.5. The largest absolute Gasteiger partial charge is 0.494 e. The van der Waals surface area contributed by atoms with Gasteiger partial charge in [-0.05, 0) is 37.3 Å². The van der Waals surface area contributed by atoms with Gasteiger partial charge in [0.25, 0.3) is 5.56 Å². The highest BCUT2D eigenvalue weighted by molar-refractivity contribution is 5.62. The molecule has 0 atom stereocenters. The van der Waals surface area contributed by atoms with E-state index in [1.807, 2.05) is 31.2 Å². The zero-order chi connectivity index (χ0) is 12.3. The second-order valence-corrected chi connectivity index (χ2v) is 3.50. The number of nitrogens with one attached hydrogen (secondary N) is 1. The van der Waals surface area contributed by atoms with Gasteiger partial charge in [-0.3, -0.25) is 4.79 Å². The Bertz CT molecular complexity index is 561. The van der Waals surface area contributed by atoms with E-state index in [0.29, 0.717) is 12.3 Å². The predicted octanol–water partition coefficient (Wildman–Crippen LogP) is 1.42. The van der Waals surface area contributed by atoms with Gasteiger partial charge in [0.2, 0.25) is 0 Å². The average Bonchev–Trinajstić information content (AvgIpc) is 2.34. The molecule has 1 aromatic heterocycles. The van der Waals surface area contributed by atoms with Gasteiger partial charge < -0.3 is 10.5 Å². The van der Waals surface area contributed by atoms with Gasteiger partial charge >= 0.3 is 0 Å². The number of nitrogens with zero attached hydrogens (tertiary/aromatic N) is 1. The summed E-state index contributed by atoms with van der Waals surface area (Å²) in [7, 11) is 0. The number of ether oxygens (including phenoxy) is 1. The molecule has 0 saturated carbocycles. The second kappa shape index (κ2) is 4.69. The highest BCUT2D eigenvalue weighted by Crippen LogP contribution is 2.20. The summed E-state index contributed by atoms with van der Waals surface area (Å²) in [6.45, 7) is 2.56. The summed E-state index contributed by atoms with van der Waals surface area (Å²) in [5, 5.41) is 6.27. The van der Waals surface area contributed by atoms with Gasteiger partial charge in [-0.25, -0.2) is 5.10 Å². The van der Waals surface area contributed by atoms with Crippen LogP contribution in [0.25, 0.3) is 11.3 Å². The maximum atomic E-state index is 11.1. The summed E-state index contributed by atoms with van der Waals surface area (Å²) >= 11 is 0. The Balaban J connectivity index is 2.33. The van der Waals surface area contributed by atoms with E-state index in [1.54, 1.807) is 6.07 Å². The van der Waals surface area contributed by atoms with Crippen LogP contribution in [0.3, 0.4) is 0 Å². The first-order valence-corrected chi connectivity index (χ1v) is 5.29. The van der Waals surface area contributed by atoms with E-state index in [9.17, 15) is 4.79 Å². The van der Waals surface area contributed by atoms with Crippen molar-refractivity contribution in [1.82, 2.24) is 10.2 Å². The number of benzene rings is 1. The quantitative estimate of drug-likeness (QED) is 0.837. The van der Waals surface area contributed by atoms with Crippen LogP contribution in [-0.2, 0) is 0 Å². The lowest BCUT2D eigenvalue weighted by atomic mass is 10.1. The molecule has 0 saturated heterocycles. The van der Waals surface area contributed by atoms with Gasteiger partial charge in [-0.15, -0.1) is 0 Å². The molecule has 0 spiro atoms. The first-order chi connectivity index (χ1) is 8.20. The summed E-state index contributed by atoms with van der Waals surface area (Å²) in [4.78, 5) is 11.1. The molecule has 0 aliphatic rings. The van der Waals surface area contributed by atoms with E-state index in [2.05, 4.69) is 10.2 Å². The molecule has 0 amide bonds. The second-order valence-electron chi connectivity index (χ2n) is 3.50. The highest BCUT2D eigenvalue weighted by Gasteiger charge is 2.02. The topological polar surface area (TPSA) is 81.0 Å². The fourth-order valence-corrected chi connectivity index (χ4v) is 1.46. The van der Waals surface area contributed by atoms with E-state index >= 15 is 0 Å². The molecule has 0 radical (unpaired) electrons. The maximum absolute atomic E-state index is 11.1. The molecule has 0 bridgehead atoms. The zero-order valence-electron chi connectivity index (χ0n) is 9.43. The van der Waals surface area contributed by atoms with E-state index in [0.717, 1.165) is 11.3 Å². The van der Waals surface area contributed by atoms with Crippen molar-refractivity contribution in [2.45, 2.75) is 6.92 Å². The SMILES string of the molecule is CCOc1ccc(-c2cc(N)c(=O)[nH]n2)cc1. The van der Waals surface area contributed by atoms with E-state index in [1.165, 1.54) is 0 Å². The molecule has 2 rings (SSSR count). The standard InChI is InChI=1S/C12H13N3O2/c1-2-17-9-5-3-8(4-6-9)11-7-10(13)12(16)15-14-11/h3-7H,2H2,1H3,(H2,13,14)(H,15,16). The summed E-state index contributed by atoms with van der Waals surface area (Å²) in [5.74, 6) is 0.800. The van der Waals surface area contributed by atoms with Crippen LogP contribution >= 0.6 is 0 Å². The number of anilines is 1. The Morgan fingerprint density at radius 2 is 2.06 bits per heavy atom. The van der Waals surface area contributed by atoms with Crippen molar-refractivity contribution in [3.8, 4) is 17.0 Å². The minimum atomic E-state index is -0.375. The van der Waals surface area contributed by atoms with Gasteiger partial charge in [-0.1, -0.05) is 0 Å². The molecule has 0 fully saturated rings. The lowest BCUT2D eigenvalue weighted by Gasteiger charge is -2.04. The molecule has 2 aromatic rings. The summed E-state index contributed by atoms with van der Waals surface area (Å²) in [5.41, 5.74) is 6.81. The predicted molar refractivity (Wildman–Crippen MR) is 65.9 cm³/mol. The zero-order valence-corrected chi connectivity index (χ0v) is 9.43. The molecule has 0 aliphatic heterocycles.